The highest BCUT2D eigenvalue weighted by atomic mass is 14.4. The summed E-state index contributed by atoms with van der Waals surface area (Å²) in [5.74, 6) is 0. The van der Waals surface area contributed by atoms with E-state index in [2.05, 4.69) is 137 Å². The van der Waals surface area contributed by atoms with Crippen molar-refractivity contribution < 1.29 is 0 Å². The molecule has 0 heteroatoms. The van der Waals surface area contributed by atoms with Crippen molar-refractivity contribution in [2.45, 2.75) is 38.5 Å². The van der Waals surface area contributed by atoms with Gasteiger partial charge in [0.25, 0.3) is 0 Å². The standard InChI is InChI=1S/C42H30/c1-41(2)31-19-11-9-17-27(31)35-33(41)21-29-23-13-5-8-16-26(23)38-36-28-18-10-12-20-32(28)42(3,4)34(36)22-30-24-14-6-7-15-25(24)37(35)39(29)40(30)38/h5-22H,1-4H3. The highest BCUT2D eigenvalue weighted by Gasteiger charge is 2.40. The van der Waals surface area contributed by atoms with Crippen LogP contribution in [0.5, 0.6) is 0 Å². The van der Waals surface area contributed by atoms with Crippen LogP contribution in [-0.4, -0.2) is 0 Å². The average Bonchev–Trinajstić information content (AvgIpc) is 3.39. The molecule has 0 aromatic heterocycles. The summed E-state index contributed by atoms with van der Waals surface area (Å²) in [6.45, 7) is 9.63. The third kappa shape index (κ3) is 2.41. The Morgan fingerprint density at radius 1 is 0.333 bits per heavy atom. The Balaban J connectivity index is 1.59. The van der Waals surface area contributed by atoms with Gasteiger partial charge in [0.15, 0.2) is 0 Å². The molecule has 8 aromatic rings. The van der Waals surface area contributed by atoms with E-state index in [0.29, 0.717) is 0 Å². The summed E-state index contributed by atoms with van der Waals surface area (Å²) in [6, 6.07) is 41.7. The zero-order valence-corrected chi connectivity index (χ0v) is 24.4. The molecule has 10 rings (SSSR count). The number of hydrogen-bond acceptors (Lipinski definition) is 0. The maximum absolute atomic E-state index is 2.55. The molecule has 0 amide bonds. The molecule has 0 nitrogen and oxygen atoms in total. The van der Waals surface area contributed by atoms with Crippen LogP contribution in [0.1, 0.15) is 49.9 Å². The fourth-order valence-electron chi connectivity index (χ4n) is 9.05. The molecule has 0 aliphatic heterocycles. The van der Waals surface area contributed by atoms with Gasteiger partial charge in [0.1, 0.15) is 0 Å². The van der Waals surface area contributed by atoms with Crippen molar-refractivity contribution in [2.75, 3.05) is 0 Å². The second kappa shape index (κ2) is 7.20. The smallest absolute Gasteiger partial charge is 0.0159 e. The Bertz CT molecular complexity index is 2330. The molecule has 0 bridgehead atoms. The third-order valence-corrected chi connectivity index (χ3v) is 11.0. The van der Waals surface area contributed by atoms with Crippen LogP contribution in [0.25, 0.3) is 76.1 Å². The van der Waals surface area contributed by atoms with Crippen LogP contribution in [0.3, 0.4) is 0 Å². The maximum atomic E-state index is 2.55. The Kier molecular flexibility index (Phi) is 3.93. The molecule has 0 heterocycles. The molecule has 8 aromatic carbocycles. The van der Waals surface area contributed by atoms with E-state index < -0.39 is 0 Å². The molecule has 0 atom stereocenters. The summed E-state index contributed by atoms with van der Waals surface area (Å²) in [6.07, 6.45) is 0. The fraction of sp³-hybridized carbons (Fsp3) is 0.143. The summed E-state index contributed by atoms with van der Waals surface area (Å²) in [5, 5.41) is 13.9. The van der Waals surface area contributed by atoms with E-state index in [1.807, 2.05) is 0 Å². The first kappa shape index (κ1) is 22.9. The lowest BCUT2D eigenvalue weighted by Gasteiger charge is -2.26. The number of fused-ring (bicyclic) bond motifs is 14. The summed E-state index contributed by atoms with van der Waals surface area (Å²) < 4.78 is 0. The Morgan fingerprint density at radius 3 is 1.12 bits per heavy atom. The fourth-order valence-corrected chi connectivity index (χ4v) is 9.05. The summed E-state index contributed by atoms with van der Waals surface area (Å²) >= 11 is 0. The zero-order valence-electron chi connectivity index (χ0n) is 24.4. The lowest BCUT2D eigenvalue weighted by molar-refractivity contribution is 0.661. The monoisotopic (exact) mass is 534 g/mol. The van der Waals surface area contributed by atoms with Gasteiger partial charge >= 0.3 is 0 Å². The molecule has 0 fully saturated rings. The highest BCUT2D eigenvalue weighted by Crippen LogP contribution is 2.60. The van der Waals surface area contributed by atoms with E-state index in [1.54, 1.807) is 0 Å². The van der Waals surface area contributed by atoms with Crippen molar-refractivity contribution in [3.63, 3.8) is 0 Å². The van der Waals surface area contributed by atoms with Gasteiger partial charge in [-0.3, -0.25) is 0 Å². The Hall–Kier alpha value is -4.68. The van der Waals surface area contributed by atoms with E-state index in [4.69, 9.17) is 0 Å². The molecule has 198 valence electrons. The van der Waals surface area contributed by atoms with E-state index in [-0.39, 0.29) is 10.8 Å². The van der Waals surface area contributed by atoms with Gasteiger partial charge in [0.2, 0.25) is 0 Å². The second-order valence-corrected chi connectivity index (χ2v) is 13.6. The van der Waals surface area contributed by atoms with Crippen LogP contribution in [0.2, 0.25) is 0 Å². The van der Waals surface area contributed by atoms with Crippen LogP contribution in [-0.2, 0) is 10.8 Å². The number of benzene rings is 8. The van der Waals surface area contributed by atoms with Crippen molar-refractivity contribution in [1.82, 2.24) is 0 Å². The minimum Gasteiger partial charge on any atom is -0.0619 e. The number of hydrogen-bond donors (Lipinski definition) is 0. The average molecular weight is 535 g/mol. The van der Waals surface area contributed by atoms with E-state index >= 15 is 0 Å². The van der Waals surface area contributed by atoms with Gasteiger partial charge in [-0.05, 0) is 111 Å². The van der Waals surface area contributed by atoms with E-state index in [9.17, 15) is 0 Å². The Labute approximate surface area is 245 Å². The van der Waals surface area contributed by atoms with Crippen molar-refractivity contribution in [3.05, 3.63) is 131 Å². The maximum Gasteiger partial charge on any atom is 0.0159 e. The molecule has 0 saturated carbocycles. The predicted octanol–water partition coefficient (Wildman–Crippen LogP) is 11.5. The molecule has 0 radical (unpaired) electrons. The van der Waals surface area contributed by atoms with Crippen LogP contribution >= 0.6 is 0 Å². The van der Waals surface area contributed by atoms with Gasteiger partial charge in [0.05, 0.1) is 0 Å². The molecule has 0 spiro atoms. The summed E-state index contributed by atoms with van der Waals surface area (Å²) in [5.41, 5.74) is 11.3. The number of rotatable bonds is 0. The van der Waals surface area contributed by atoms with Crippen molar-refractivity contribution in [1.29, 1.82) is 0 Å². The topological polar surface area (TPSA) is 0 Å². The van der Waals surface area contributed by atoms with Crippen LogP contribution in [0, 0.1) is 0 Å². The molecule has 0 N–H and O–H groups in total. The Morgan fingerprint density at radius 2 is 0.690 bits per heavy atom. The van der Waals surface area contributed by atoms with Gasteiger partial charge in [0, 0.05) is 10.8 Å². The molecule has 2 aliphatic rings. The first-order chi connectivity index (χ1) is 20.4. The van der Waals surface area contributed by atoms with Crippen molar-refractivity contribution in [3.8, 4) is 22.3 Å². The quantitative estimate of drug-likeness (QED) is 0.134. The van der Waals surface area contributed by atoms with Crippen LogP contribution < -0.4 is 0 Å². The third-order valence-electron chi connectivity index (χ3n) is 11.0. The molecule has 0 unspecified atom stereocenters. The lowest BCUT2D eigenvalue weighted by Crippen LogP contribution is -2.15. The minimum absolute atomic E-state index is 0.0667. The van der Waals surface area contributed by atoms with Gasteiger partial charge in [-0.2, -0.15) is 0 Å². The molecule has 42 heavy (non-hydrogen) atoms. The molecular formula is C42H30. The SMILES string of the molecule is CC1(C)c2ccccc2-c2c1cc1c3ccccc3c3c4c(cc5c6ccccc6c2c1c53)C(C)(C)c1ccccc1-4. The molecule has 2 aliphatic carbocycles. The normalized spacial score (nSPS) is 16.0. The largest absolute Gasteiger partial charge is 0.0619 e. The predicted molar refractivity (Wildman–Crippen MR) is 180 cm³/mol. The minimum atomic E-state index is -0.0667. The van der Waals surface area contributed by atoms with Gasteiger partial charge in [-0.1, -0.05) is 125 Å². The van der Waals surface area contributed by atoms with Crippen LogP contribution in [0.15, 0.2) is 109 Å². The lowest BCUT2D eigenvalue weighted by atomic mass is 9.76. The zero-order chi connectivity index (χ0) is 28.1. The van der Waals surface area contributed by atoms with Crippen LogP contribution in [0.4, 0.5) is 0 Å². The van der Waals surface area contributed by atoms with Crippen molar-refractivity contribution >= 4 is 53.9 Å². The highest BCUT2D eigenvalue weighted by molar-refractivity contribution is 6.44. The van der Waals surface area contributed by atoms with Gasteiger partial charge < -0.3 is 0 Å². The first-order valence-electron chi connectivity index (χ1n) is 15.2. The second-order valence-electron chi connectivity index (χ2n) is 13.6. The van der Waals surface area contributed by atoms with E-state index in [1.165, 1.54) is 98.4 Å². The van der Waals surface area contributed by atoms with Gasteiger partial charge in [-0.25, -0.2) is 0 Å². The summed E-state index contributed by atoms with van der Waals surface area (Å²) in [4.78, 5) is 0. The van der Waals surface area contributed by atoms with E-state index in [0.717, 1.165) is 0 Å². The molecular weight excluding hydrogens is 504 g/mol. The van der Waals surface area contributed by atoms with Crippen molar-refractivity contribution in [2.24, 2.45) is 0 Å². The first-order valence-corrected chi connectivity index (χ1v) is 15.2. The van der Waals surface area contributed by atoms with Gasteiger partial charge in [-0.15, -0.1) is 0 Å². The molecule has 0 saturated heterocycles. The summed E-state index contributed by atoms with van der Waals surface area (Å²) in [7, 11) is 0.